The molecule has 6 nitrogen and oxygen atoms in total. The second-order valence-electron chi connectivity index (χ2n) is 6.62. The fraction of sp³-hybridized carbons (Fsp3) is 0.200. The van der Waals surface area contributed by atoms with Crippen molar-refractivity contribution in [1.29, 1.82) is 0 Å². The van der Waals surface area contributed by atoms with Crippen LogP contribution in [-0.2, 0) is 16.6 Å². The zero-order valence-corrected chi connectivity index (χ0v) is 18.5. The van der Waals surface area contributed by atoms with E-state index in [1.54, 1.807) is 44.2 Å². The van der Waals surface area contributed by atoms with E-state index in [9.17, 15) is 13.2 Å². The van der Waals surface area contributed by atoms with Crippen molar-refractivity contribution in [3.63, 3.8) is 0 Å². The van der Waals surface area contributed by atoms with E-state index in [2.05, 4.69) is 15.0 Å². The van der Waals surface area contributed by atoms with Crippen LogP contribution in [0, 0.1) is 20.8 Å². The first-order valence-electron chi connectivity index (χ1n) is 8.76. The van der Waals surface area contributed by atoms with Gasteiger partial charge >= 0.3 is 0 Å². The smallest absolute Gasteiger partial charge is 0.263 e. The molecule has 9 heteroatoms. The molecule has 0 aliphatic rings. The number of carbonyl (C=O) groups is 1. The predicted octanol–water partition coefficient (Wildman–Crippen LogP) is 4.45. The number of hydrogen-bond donors (Lipinski definition) is 2. The molecule has 0 unspecified atom stereocenters. The first-order valence-corrected chi connectivity index (χ1v) is 11.4. The summed E-state index contributed by atoms with van der Waals surface area (Å²) in [4.78, 5) is 17.3. The number of hydrogen-bond acceptors (Lipinski definition) is 5. The van der Waals surface area contributed by atoms with Crippen LogP contribution in [0.2, 0.25) is 5.02 Å². The van der Waals surface area contributed by atoms with Crippen LogP contribution in [-0.4, -0.2) is 19.3 Å². The molecule has 3 aromatic rings. The summed E-state index contributed by atoms with van der Waals surface area (Å²) in [6.45, 7) is 5.64. The summed E-state index contributed by atoms with van der Waals surface area (Å²) in [5, 5.41) is 3.59. The number of thiazole rings is 1. The molecule has 1 amide bonds. The SMILES string of the molecule is Cc1ccc(S(=O)(=O)Nc2nc(C)c(C(=O)NCc3ccc(Cl)cc3)s2)c(C)c1. The van der Waals surface area contributed by atoms with Crippen molar-refractivity contribution in [2.75, 3.05) is 4.72 Å². The predicted molar refractivity (Wildman–Crippen MR) is 116 cm³/mol. The second-order valence-corrected chi connectivity index (χ2v) is 9.70. The molecule has 2 aromatic carbocycles. The molecule has 29 heavy (non-hydrogen) atoms. The molecule has 2 N–H and O–H groups in total. The van der Waals surface area contributed by atoms with Gasteiger partial charge in [0.05, 0.1) is 10.6 Å². The third-order valence-electron chi connectivity index (χ3n) is 4.21. The maximum Gasteiger partial charge on any atom is 0.263 e. The number of carbonyl (C=O) groups excluding carboxylic acids is 1. The molecule has 152 valence electrons. The van der Waals surface area contributed by atoms with Crippen LogP contribution in [0.25, 0.3) is 0 Å². The van der Waals surface area contributed by atoms with Gasteiger partial charge in [0.1, 0.15) is 4.88 Å². The Balaban J connectivity index is 1.73. The molecule has 0 aliphatic carbocycles. The Labute approximate surface area is 179 Å². The van der Waals surface area contributed by atoms with Crippen LogP contribution in [0.4, 0.5) is 5.13 Å². The first kappa shape index (κ1) is 21.3. The van der Waals surface area contributed by atoms with E-state index in [1.807, 2.05) is 19.1 Å². The third kappa shape index (κ3) is 5.14. The van der Waals surface area contributed by atoms with E-state index < -0.39 is 10.0 Å². The molecule has 0 saturated heterocycles. The van der Waals surface area contributed by atoms with Gasteiger partial charge in [0.2, 0.25) is 0 Å². The van der Waals surface area contributed by atoms with Crippen molar-refractivity contribution in [3.8, 4) is 0 Å². The molecule has 0 fully saturated rings. The van der Waals surface area contributed by atoms with Crippen molar-refractivity contribution in [2.45, 2.75) is 32.2 Å². The Kier molecular flexibility index (Phi) is 6.26. The molecule has 0 aliphatic heterocycles. The van der Waals surface area contributed by atoms with E-state index in [0.29, 0.717) is 27.7 Å². The van der Waals surface area contributed by atoms with Crippen molar-refractivity contribution >= 4 is 44.0 Å². The molecule has 0 atom stereocenters. The van der Waals surface area contributed by atoms with Gasteiger partial charge in [0.25, 0.3) is 15.9 Å². The maximum atomic E-state index is 12.7. The van der Waals surface area contributed by atoms with Gasteiger partial charge in [-0.25, -0.2) is 13.4 Å². The highest BCUT2D eigenvalue weighted by Gasteiger charge is 2.21. The van der Waals surface area contributed by atoms with Crippen molar-refractivity contribution in [3.05, 3.63) is 74.7 Å². The fourth-order valence-corrected chi connectivity index (χ4v) is 5.26. The van der Waals surface area contributed by atoms with Crippen LogP contribution >= 0.6 is 22.9 Å². The van der Waals surface area contributed by atoms with Crippen molar-refractivity contribution in [1.82, 2.24) is 10.3 Å². The van der Waals surface area contributed by atoms with Crippen LogP contribution < -0.4 is 10.0 Å². The van der Waals surface area contributed by atoms with E-state index in [0.717, 1.165) is 22.5 Å². The molecule has 0 saturated carbocycles. The summed E-state index contributed by atoms with van der Waals surface area (Å²) >= 11 is 6.86. The monoisotopic (exact) mass is 449 g/mol. The molecule has 0 spiro atoms. The lowest BCUT2D eigenvalue weighted by atomic mass is 10.2. The lowest BCUT2D eigenvalue weighted by Crippen LogP contribution is -2.22. The minimum Gasteiger partial charge on any atom is -0.347 e. The number of aromatic nitrogens is 1. The number of aryl methyl sites for hydroxylation is 3. The van der Waals surface area contributed by atoms with E-state index >= 15 is 0 Å². The second kappa shape index (κ2) is 8.52. The number of anilines is 1. The van der Waals surface area contributed by atoms with E-state index in [-0.39, 0.29) is 15.9 Å². The van der Waals surface area contributed by atoms with Gasteiger partial charge in [0, 0.05) is 11.6 Å². The summed E-state index contributed by atoms with van der Waals surface area (Å²) in [5.41, 5.74) is 2.99. The average Bonchev–Trinajstić information content (AvgIpc) is 3.00. The van der Waals surface area contributed by atoms with Crippen LogP contribution in [0.1, 0.15) is 32.1 Å². The lowest BCUT2D eigenvalue weighted by Gasteiger charge is -2.08. The van der Waals surface area contributed by atoms with Gasteiger partial charge in [-0.1, -0.05) is 52.8 Å². The standard InChI is InChI=1S/C20H20ClN3O3S2/c1-12-4-9-17(13(2)10-12)29(26,27)24-20-23-14(3)18(28-20)19(25)22-11-15-5-7-16(21)8-6-15/h4-10H,11H2,1-3H3,(H,22,25)(H,23,24). The third-order valence-corrected chi connectivity index (χ3v) is 7.16. The maximum absolute atomic E-state index is 12.7. The topological polar surface area (TPSA) is 88.2 Å². The number of benzene rings is 2. The Morgan fingerprint density at radius 3 is 2.45 bits per heavy atom. The Bertz CT molecular complexity index is 1160. The summed E-state index contributed by atoms with van der Waals surface area (Å²) < 4.78 is 27.9. The van der Waals surface area contributed by atoms with Gasteiger partial charge in [-0.2, -0.15) is 0 Å². The minimum atomic E-state index is -3.80. The van der Waals surface area contributed by atoms with Crippen molar-refractivity contribution in [2.24, 2.45) is 0 Å². The molecule has 0 radical (unpaired) electrons. The van der Waals surface area contributed by atoms with Gasteiger partial charge in [0.15, 0.2) is 5.13 Å². The van der Waals surface area contributed by atoms with Gasteiger partial charge in [-0.05, 0) is 50.1 Å². The number of sulfonamides is 1. The van der Waals surface area contributed by atoms with E-state index in [4.69, 9.17) is 11.6 Å². The quantitative estimate of drug-likeness (QED) is 0.581. The molecule has 1 aromatic heterocycles. The first-order chi connectivity index (χ1) is 13.7. The zero-order valence-electron chi connectivity index (χ0n) is 16.1. The summed E-state index contributed by atoms with van der Waals surface area (Å²) in [6.07, 6.45) is 0. The van der Waals surface area contributed by atoms with Crippen LogP contribution in [0.15, 0.2) is 47.4 Å². The number of nitrogens with zero attached hydrogens (tertiary/aromatic N) is 1. The van der Waals surface area contributed by atoms with Crippen LogP contribution in [0.3, 0.4) is 0 Å². The lowest BCUT2D eigenvalue weighted by molar-refractivity contribution is 0.0954. The number of rotatable bonds is 6. The molecule has 1 heterocycles. The molecule has 3 rings (SSSR count). The Hall–Kier alpha value is -2.42. The summed E-state index contributed by atoms with van der Waals surface area (Å²) in [5.74, 6) is -0.313. The number of halogens is 1. The highest BCUT2D eigenvalue weighted by Crippen LogP contribution is 2.26. The number of nitrogens with one attached hydrogen (secondary N) is 2. The fourth-order valence-electron chi connectivity index (χ4n) is 2.79. The molecule has 0 bridgehead atoms. The average molecular weight is 450 g/mol. The Morgan fingerprint density at radius 2 is 1.79 bits per heavy atom. The normalized spacial score (nSPS) is 11.3. The van der Waals surface area contributed by atoms with Gasteiger partial charge < -0.3 is 5.32 Å². The minimum absolute atomic E-state index is 0.152. The van der Waals surface area contributed by atoms with Gasteiger partial charge in [-0.3, -0.25) is 9.52 Å². The van der Waals surface area contributed by atoms with E-state index in [1.165, 1.54) is 0 Å². The van der Waals surface area contributed by atoms with Gasteiger partial charge in [-0.15, -0.1) is 0 Å². The van der Waals surface area contributed by atoms with Crippen LogP contribution in [0.5, 0.6) is 0 Å². The molecular weight excluding hydrogens is 430 g/mol. The Morgan fingerprint density at radius 1 is 1.10 bits per heavy atom. The zero-order chi connectivity index (χ0) is 21.2. The highest BCUT2D eigenvalue weighted by molar-refractivity contribution is 7.93. The highest BCUT2D eigenvalue weighted by atomic mass is 35.5. The van der Waals surface area contributed by atoms with Crippen molar-refractivity contribution < 1.29 is 13.2 Å². The summed E-state index contributed by atoms with van der Waals surface area (Å²) in [6, 6.07) is 12.3. The largest absolute Gasteiger partial charge is 0.347 e. The summed E-state index contributed by atoms with van der Waals surface area (Å²) in [7, 11) is -3.80. The molecular formula is C20H20ClN3O3S2. The number of amides is 1.